The molecular formula is C19H19F2NO3. The SMILES string of the molecule is Cc1cc(COC2CCOCC2)cc(F)c1-c1nc(C=O)ccc1F. The van der Waals surface area contributed by atoms with Gasteiger partial charge in [-0.3, -0.25) is 4.79 Å². The third-order valence-corrected chi connectivity index (χ3v) is 4.23. The fourth-order valence-electron chi connectivity index (χ4n) is 2.95. The Balaban J connectivity index is 1.84. The van der Waals surface area contributed by atoms with Crippen LogP contribution in [0.15, 0.2) is 24.3 Å². The molecule has 6 heteroatoms. The van der Waals surface area contributed by atoms with Crippen LogP contribution in [0.5, 0.6) is 0 Å². The molecular weight excluding hydrogens is 328 g/mol. The van der Waals surface area contributed by atoms with Gasteiger partial charge >= 0.3 is 0 Å². The van der Waals surface area contributed by atoms with Gasteiger partial charge in [0.2, 0.25) is 0 Å². The van der Waals surface area contributed by atoms with Gasteiger partial charge in [-0.1, -0.05) is 6.07 Å². The maximum Gasteiger partial charge on any atom is 0.168 e. The van der Waals surface area contributed by atoms with Crippen molar-refractivity contribution in [1.29, 1.82) is 0 Å². The second-order valence-corrected chi connectivity index (χ2v) is 6.08. The molecule has 0 bridgehead atoms. The molecule has 0 saturated carbocycles. The molecule has 2 heterocycles. The predicted octanol–water partition coefficient (Wildman–Crippen LogP) is 3.84. The van der Waals surface area contributed by atoms with E-state index in [-0.39, 0.29) is 29.7 Å². The van der Waals surface area contributed by atoms with E-state index >= 15 is 0 Å². The number of carbonyl (C=O) groups excluding carboxylic acids is 1. The van der Waals surface area contributed by atoms with Gasteiger partial charge in [-0.15, -0.1) is 0 Å². The maximum atomic E-state index is 14.6. The number of hydrogen-bond donors (Lipinski definition) is 0. The van der Waals surface area contributed by atoms with E-state index in [0.717, 1.165) is 18.9 Å². The number of ether oxygens (including phenoxy) is 2. The first-order chi connectivity index (χ1) is 12.1. The van der Waals surface area contributed by atoms with Crippen molar-refractivity contribution in [3.8, 4) is 11.3 Å². The zero-order valence-electron chi connectivity index (χ0n) is 13.9. The normalized spacial score (nSPS) is 15.3. The number of carbonyl (C=O) groups is 1. The van der Waals surface area contributed by atoms with E-state index in [2.05, 4.69) is 4.98 Å². The predicted molar refractivity (Wildman–Crippen MR) is 88.3 cm³/mol. The van der Waals surface area contributed by atoms with Gasteiger partial charge in [0.15, 0.2) is 6.29 Å². The van der Waals surface area contributed by atoms with Crippen LogP contribution in [0.3, 0.4) is 0 Å². The molecule has 25 heavy (non-hydrogen) atoms. The van der Waals surface area contributed by atoms with Crippen molar-refractivity contribution < 1.29 is 23.0 Å². The lowest BCUT2D eigenvalue weighted by molar-refractivity contribution is -0.0391. The largest absolute Gasteiger partial charge is 0.381 e. The summed E-state index contributed by atoms with van der Waals surface area (Å²) in [6.45, 7) is 3.32. The molecule has 0 aliphatic carbocycles. The molecule has 2 aromatic rings. The minimum absolute atomic E-state index is 0.0575. The molecule has 0 N–H and O–H groups in total. The van der Waals surface area contributed by atoms with Gasteiger partial charge in [-0.05, 0) is 49.1 Å². The molecule has 1 aliphatic heterocycles. The molecule has 4 nitrogen and oxygen atoms in total. The Morgan fingerprint density at radius 2 is 2.00 bits per heavy atom. The number of rotatable bonds is 5. The van der Waals surface area contributed by atoms with Crippen molar-refractivity contribution in [1.82, 2.24) is 4.98 Å². The molecule has 0 atom stereocenters. The molecule has 1 fully saturated rings. The third kappa shape index (κ3) is 4.08. The minimum atomic E-state index is -0.668. The van der Waals surface area contributed by atoms with Crippen molar-refractivity contribution in [2.45, 2.75) is 32.5 Å². The van der Waals surface area contributed by atoms with Crippen LogP contribution in [-0.2, 0) is 16.1 Å². The number of nitrogens with zero attached hydrogens (tertiary/aromatic N) is 1. The molecule has 1 aliphatic rings. The topological polar surface area (TPSA) is 48.4 Å². The number of pyridine rings is 1. The van der Waals surface area contributed by atoms with Crippen LogP contribution >= 0.6 is 0 Å². The molecule has 0 amide bonds. The Morgan fingerprint density at radius 1 is 1.24 bits per heavy atom. The van der Waals surface area contributed by atoms with Crippen LogP contribution in [0.4, 0.5) is 8.78 Å². The quantitative estimate of drug-likeness (QED) is 0.771. The van der Waals surface area contributed by atoms with E-state index in [4.69, 9.17) is 9.47 Å². The van der Waals surface area contributed by atoms with Crippen molar-refractivity contribution in [3.63, 3.8) is 0 Å². The van der Waals surface area contributed by atoms with Gasteiger partial charge in [-0.2, -0.15) is 0 Å². The monoisotopic (exact) mass is 347 g/mol. The van der Waals surface area contributed by atoms with E-state index in [1.54, 1.807) is 13.0 Å². The van der Waals surface area contributed by atoms with E-state index < -0.39 is 11.6 Å². The fraction of sp³-hybridized carbons (Fsp3) is 0.368. The van der Waals surface area contributed by atoms with E-state index in [0.29, 0.717) is 30.6 Å². The molecule has 1 aromatic carbocycles. The number of aromatic nitrogens is 1. The molecule has 0 radical (unpaired) electrons. The zero-order valence-corrected chi connectivity index (χ0v) is 13.9. The number of aryl methyl sites for hydroxylation is 1. The molecule has 0 spiro atoms. The van der Waals surface area contributed by atoms with Crippen LogP contribution in [0, 0.1) is 18.6 Å². The molecule has 0 unspecified atom stereocenters. The standard InChI is InChI=1S/C19H19F2NO3/c1-12-8-13(11-25-15-4-6-24-7-5-15)9-17(21)18(12)19-16(20)3-2-14(10-23)22-19/h2-3,8-10,15H,4-7,11H2,1H3. The lowest BCUT2D eigenvalue weighted by Crippen LogP contribution is -2.23. The van der Waals surface area contributed by atoms with Gasteiger partial charge in [0.1, 0.15) is 23.0 Å². The molecule has 1 aromatic heterocycles. The Morgan fingerprint density at radius 3 is 2.68 bits per heavy atom. The van der Waals surface area contributed by atoms with Gasteiger partial charge in [0.05, 0.1) is 12.7 Å². The van der Waals surface area contributed by atoms with Crippen LogP contribution in [0.25, 0.3) is 11.3 Å². The summed E-state index contributed by atoms with van der Waals surface area (Å²) in [6.07, 6.45) is 2.27. The average Bonchev–Trinajstić information content (AvgIpc) is 2.62. The summed E-state index contributed by atoms with van der Waals surface area (Å²) in [5.74, 6) is -1.25. The van der Waals surface area contributed by atoms with Crippen LogP contribution in [-0.4, -0.2) is 30.6 Å². The Hall–Kier alpha value is -2.18. The second kappa shape index (κ2) is 7.80. The number of aldehydes is 1. The summed E-state index contributed by atoms with van der Waals surface area (Å²) in [5.41, 5.74) is 1.19. The molecule has 1 saturated heterocycles. The van der Waals surface area contributed by atoms with Gasteiger partial charge in [0, 0.05) is 18.8 Å². The van der Waals surface area contributed by atoms with Gasteiger partial charge < -0.3 is 9.47 Å². The smallest absolute Gasteiger partial charge is 0.168 e. The summed E-state index contributed by atoms with van der Waals surface area (Å²) in [7, 11) is 0. The summed E-state index contributed by atoms with van der Waals surface area (Å²) in [6, 6.07) is 5.46. The second-order valence-electron chi connectivity index (χ2n) is 6.08. The lowest BCUT2D eigenvalue weighted by atomic mass is 10.0. The summed E-state index contributed by atoms with van der Waals surface area (Å²) in [4.78, 5) is 14.8. The summed E-state index contributed by atoms with van der Waals surface area (Å²) < 4.78 is 39.7. The van der Waals surface area contributed by atoms with E-state index in [1.807, 2.05) is 0 Å². The number of halogens is 2. The number of benzene rings is 1. The lowest BCUT2D eigenvalue weighted by Gasteiger charge is -2.22. The first-order valence-corrected chi connectivity index (χ1v) is 8.19. The summed E-state index contributed by atoms with van der Waals surface area (Å²) >= 11 is 0. The summed E-state index contributed by atoms with van der Waals surface area (Å²) in [5, 5.41) is 0. The number of hydrogen-bond acceptors (Lipinski definition) is 4. The Kier molecular flexibility index (Phi) is 5.50. The van der Waals surface area contributed by atoms with Gasteiger partial charge in [-0.25, -0.2) is 13.8 Å². The highest BCUT2D eigenvalue weighted by atomic mass is 19.1. The zero-order chi connectivity index (χ0) is 17.8. The molecule has 132 valence electrons. The van der Waals surface area contributed by atoms with Crippen molar-refractivity contribution >= 4 is 6.29 Å². The Bertz CT molecular complexity index is 750. The van der Waals surface area contributed by atoms with Crippen molar-refractivity contribution in [2.24, 2.45) is 0 Å². The fourth-order valence-corrected chi connectivity index (χ4v) is 2.95. The van der Waals surface area contributed by atoms with Crippen molar-refractivity contribution in [3.05, 3.63) is 52.7 Å². The highest BCUT2D eigenvalue weighted by molar-refractivity contribution is 5.75. The maximum absolute atomic E-state index is 14.6. The first-order valence-electron chi connectivity index (χ1n) is 8.19. The first kappa shape index (κ1) is 17.6. The highest BCUT2D eigenvalue weighted by Crippen LogP contribution is 2.29. The Labute approximate surface area is 144 Å². The third-order valence-electron chi connectivity index (χ3n) is 4.23. The highest BCUT2D eigenvalue weighted by Gasteiger charge is 2.18. The average molecular weight is 347 g/mol. The van der Waals surface area contributed by atoms with Crippen LogP contribution in [0.2, 0.25) is 0 Å². The molecule has 3 rings (SSSR count). The van der Waals surface area contributed by atoms with Crippen LogP contribution in [0.1, 0.15) is 34.5 Å². The minimum Gasteiger partial charge on any atom is -0.381 e. The van der Waals surface area contributed by atoms with Crippen molar-refractivity contribution in [2.75, 3.05) is 13.2 Å². The van der Waals surface area contributed by atoms with Crippen LogP contribution < -0.4 is 0 Å². The van der Waals surface area contributed by atoms with E-state index in [1.165, 1.54) is 12.1 Å². The van der Waals surface area contributed by atoms with Gasteiger partial charge in [0.25, 0.3) is 0 Å². The van der Waals surface area contributed by atoms with E-state index in [9.17, 15) is 13.6 Å².